The second-order valence-electron chi connectivity index (χ2n) is 9.06. The average Bonchev–Trinajstić information content (AvgIpc) is 2.97. The molecule has 42 heavy (non-hydrogen) atoms. The largest absolute Gasteiger partial charge is 0.322 e. The van der Waals surface area contributed by atoms with Crippen molar-refractivity contribution in [2.45, 2.75) is 0 Å². The first-order valence-electron chi connectivity index (χ1n) is 12.3. The Morgan fingerprint density at radius 2 is 1.43 bits per heavy atom. The van der Waals surface area contributed by atoms with Crippen molar-refractivity contribution in [1.82, 2.24) is 5.43 Å². The van der Waals surface area contributed by atoms with Gasteiger partial charge in [-0.25, -0.2) is 0 Å². The molecule has 0 saturated carbocycles. The second-order valence-corrected chi connectivity index (χ2v) is 10.5. The fourth-order valence-electron chi connectivity index (χ4n) is 4.00. The maximum Gasteiger partial charge on any atom is 0.294 e. The number of benzene rings is 2. The van der Waals surface area contributed by atoms with Crippen molar-refractivity contribution < 1.29 is 27.4 Å². The molecule has 210 valence electrons. The maximum absolute atomic E-state index is 12.7. The number of carbonyl (C=O) groups excluding carboxylic acids is 3. The maximum atomic E-state index is 12.7. The highest BCUT2D eigenvalue weighted by Crippen LogP contribution is 2.29. The summed E-state index contributed by atoms with van der Waals surface area (Å²) in [5.74, 6) is -1.12. The van der Waals surface area contributed by atoms with Gasteiger partial charge in [0.25, 0.3) is 16.0 Å². The van der Waals surface area contributed by atoms with Crippen LogP contribution in [0.1, 0.15) is 10.4 Å². The normalized spacial score (nSPS) is 16.0. The smallest absolute Gasteiger partial charge is 0.294 e. The molecule has 0 heterocycles. The van der Waals surface area contributed by atoms with E-state index in [0.717, 1.165) is 12.2 Å². The highest BCUT2D eigenvalue weighted by Gasteiger charge is 2.29. The van der Waals surface area contributed by atoms with Gasteiger partial charge in [0.2, 0.25) is 0 Å². The van der Waals surface area contributed by atoms with E-state index in [1.165, 1.54) is 24.3 Å². The van der Waals surface area contributed by atoms with Crippen LogP contribution in [-0.2, 0) is 19.7 Å². The summed E-state index contributed by atoms with van der Waals surface area (Å²) in [6.45, 7) is 0. The van der Waals surface area contributed by atoms with E-state index >= 15 is 0 Å². The van der Waals surface area contributed by atoms with E-state index in [0.29, 0.717) is 28.3 Å². The number of anilines is 3. The summed E-state index contributed by atoms with van der Waals surface area (Å²) in [6.07, 6.45) is 10.8. The van der Waals surface area contributed by atoms with Crippen molar-refractivity contribution in [2.75, 3.05) is 16.2 Å². The number of carbonyl (C=O) groups is 3. The summed E-state index contributed by atoms with van der Waals surface area (Å²) in [6, 6.07) is 13.3. The molecule has 0 atom stereocenters. The fourth-order valence-corrected chi connectivity index (χ4v) is 4.53. The van der Waals surface area contributed by atoms with Crippen molar-refractivity contribution in [3.8, 4) is 0 Å². The number of amides is 1. The predicted molar refractivity (Wildman–Crippen MR) is 159 cm³/mol. The van der Waals surface area contributed by atoms with E-state index in [1.807, 2.05) is 0 Å². The SMILES string of the molecule is N=C1C=CC2=CC(S(=O)(=O)O)=CC(=O)C2=C1NNc1ccc(C(=O)Nc2ccc(NN=C3C=CC(=O)C=C3)cc2)cc1. The first kappa shape index (κ1) is 27.9. The zero-order valence-corrected chi connectivity index (χ0v) is 22.4. The van der Waals surface area contributed by atoms with Crippen molar-refractivity contribution in [3.63, 3.8) is 0 Å². The molecular weight excluding hydrogens is 560 g/mol. The van der Waals surface area contributed by atoms with Crippen molar-refractivity contribution in [2.24, 2.45) is 5.10 Å². The zero-order chi connectivity index (χ0) is 29.9. The van der Waals surface area contributed by atoms with Crippen LogP contribution in [0.15, 0.2) is 124 Å². The Morgan fingerprint density at radius 3 is 2.10 bits per heavy atom. The van der Waals surface area contributed by atoms with Crippen LogP contribution in [0.25, 0.3) is 0 Å². The number of fused-ring (bicyclic) bond motifs is 1. The van der Waals surface area contributed by atoms with E-state index in [4.69, 9.17) is 5.41 Å². The van der Waals surface area contributed by atoms with E-state index in [1.54, 1.807) is 60.7 Å². The quantitative estimate of drug-likeness (QED) is 0.154. The van der Waals surface area contributed by atoms with Crippen molar-refractivity contribution in [1.29, 1.82) is 5.41 Å². The Bertz CT molecular complexity index is 1830. The molecule has 2 aromatic carbocycles. The van der Waals surface area contributed by atoms with Gasteiger partial charge in [-0.2, -0.15) is 13.5 Å². The van der Waals surface area contributed by atoms with E-state index in [-0.39, 0.29) is 34.2 Å². The van der Waals surface area contributed by atoms with E-state index in [2.05, 4.69) is 26.7 Å². The van der Waals surface area contributed by atoms with E-state index < -0.39 is 20.8 Å². The minimum Gasteiger partial charge on any atom is -0.322 e. The standard InChI is InChI=1S/C29H22N6O6S/c30-25-14-3-18-15-24(42(39,40)41)16-26(37)27(18)28(25)35-34-20-4-1-17(2-5-20)29(38)31-19-6-8-21(9-7-19)32-33-22-10-12-23(36)13-11-22/h1-16,30,32,34-35H,(H,31,38)(H,39,40,41). The lowest BCUT2D eigenvalue weighted by Gasteiger charge is -2.22. The van der Waals surface area contributed by atoms with Crippen LogP contribution in [-0.4, -0.2) is 41.9 Å². The molecule has 0 fully saturated rings. The number of nitrogens with one attached hydrogen (secondary N) is 5. The Balaban J connectivity index is 1.19. The third-order valence-corrected chi connectivity index (χ3v) is 6.96. The molecule has 13 heteroatoms. The van der Waals surface area contributed by atoms with Gasteiger partial charge in [-0.15, -0.1) is 0 Å². The van der Waals surface area contributed by atoms with Crippen LogP contribution in [0, 0.1) is 5.41 Å². The molecule has 0 radical (unpaired) electrons. The lowest BCUT2D eigenvalue weighted by Crippen LogP contribution is -2.31. The molecule has 1 amide bonds. The number of hydrazone groups is 1. The van der Waals surface area contributed by atoms with E-state index in [9.17, 15) is 27.4 Å². The molecule has 3 aliphatic rings. The first-order valence-corrected chi connectivity index (χ1v) is 13.7. The van der Waals surface area contributed by atoms with Crippen molar-refractivity contribution in [3.05, 3.63) is 124 Å². The minimum absolute atomic E-state index is 0.0181. The lowest BCUT2D eigenvalue weighted by molar-refractivity contribution is -0.111. The number of allylic oxidation sites excluding steroid dienone is 10. The molecule has 5 rings (SSSR count). The number of hydrogen-bond donors (Lipinski definition) is 6. The monoisotopic (exact) mass is 582 g/mol. The molecule has 0 bridgehead atoms. The van der Waals surface area contributed by atoms with Gasteiger partial charge in [0, 0.05) is 17.3 Å². The van der Waals surface area contributed by atoms with Gasteiger partial charge in [-0.05, 0) is 90.6 Å². The van der Waals surface area contributed by atoms with Crippen LogP contribution in [0.5, 0.6) is 0 Å². The molecule has 0 aromatic heterocycles. The number of hydrogen-bond acceptors (Lipinski definition) is 10. The van der Waals surface area contributed by atoms with Crippen LogP contribution in [0.3, 0.4) is 0 Å². The van der Waals surface area contributed by atoms with Crippen LogP contribution in [0.4, 0.5) is 17.1 Å². The average molecular weight is 583 g/mol. The fraction of sp³-hybridized carbons (Fsp3) is 0. The number of hydrazine groups is 1. The van der Waals surface area contributed by atoms with Crippen LogP contribution >= 0.6 is 0 Å². The molecule has 0 spiro atoms. The molecule has 6 N–H and O–H groups in total. The van der Waals surface area contributed by atoms with Gasteiger partial charge in [-0.1, -0.05) is 6.08 Å². The molecule has 12 nitrogen and oxygen atoms in total. The van der Waals surface area contributed by atoms with Crippen LogP contribution in [0.2, 0.25) is 0 Å². The number of nitrogens with zero attached hydrogens (tertiary/aromatic N) is 1. The van der Waals surface area contributed by atoms with Gasteiger partial charge in [0.1, 0.15) is 0 Å². The predicted octanol–water partition coefficient (Wildman–Crippen LogP) is 3.44. The number of rotatable bonds is 8. The van der Waals surface area contributed by atoms with Crippen LogP contribution < -0.4 is 21.6 Å². The summed E-state index contributed by atoms with van der Waals surface area (Å²) in [4.78, 5) is 36.0. The third kappa shape index (κ3) is 6.38. The molecule has 2 aromatic rings. The lowest BCUT2D eigenvalue weighted by atomic mass is 9.89. The molecule has 0 unspecified atom stereocenters. The summed E-state index contributed by atoms with van der Waals surface area (Å²) in [5, 5.41) is 15.2. The van der Waals surface area contributed by atoms with Gasteiger partial charge < -0.3 is 10.7 Å². The molecule has 0 aliphatic heterocycles. The Labute approximate surface area is 239 Å². The summed E-state index contributed by atoms with van der Waals surface area (Å²) in [5.41, 5.74) is 11.7. The summed E-state index contributed by atoms with van der Waals surface area (Å²) >= 11 is 0. The molecule has 3 aliphatic carbocycles. The highest BCUT2D eigenvalue weighted by molar-refractivity contribution is 7.90. The zero-order valence-electron chi connectivity index (χ0n) is 21.6. The summed E-state index contributed by atoms with van der Waals surface area (Å²) < 4.78 is 32.2. The minimum atomic E-state index is -4.57. The van der Waals surface area contributed by atoms with Gasteiger partial charge in [-0.3, -0.25) is 35.2 Å². The first-order chi connectivity index (χ1) is 20.1. The summed E-state index contributed by atoms with van der Waals surface area (Å²) in [7, 11) is -4.57. The van der Waals surface area contributed by atoms with Gasteiger partial charge in [0.05, 0.1) is 39.0 Å². The Kier molecular flexibility index (Phi) is 7.60. The van der Waals surface area contributed by atoms with Gasteiger partial charge >= 0.3 is 0 Å². The second kappa shape index (κ2) is 11.4. The number of ketones is 2. The van der Waals surface area contributed by atoms with Gasteiger partial charge in [0.15, 0.2) is 11.6 Å². The van der Waals surface area contributed by atoms with Crippen molar-refractivity contribution >= 4 is 56.1 Å². The highest BCUT2D eigenvalue weighted by atomic mass is 32.2. The third-order valence-electron chi connectivity index (χ3n) is 6.13. The molecule has 0 saturated heterocycles. The molecular formula is C29H22N6O6S. The Hall–Kier alpha value is -5.66. The Morgan fingerprint density at radius 1 is 0.786 bits per heavy atom. The topological polar surface area (TPSA) is 190 Å².